The Labute approximate surface area is 91.1 Å². The second-order valence-corrected chi connectivity index (χ2v) is 3.27. The number of hydrogen-bond acceptors (Lipinski definition) is 4. The molecule has 0 atom stereocenters. The van der Waals surface area contributed by atoms with Gasteiger partial charge < -0.3 is 0 Å². The Balaban J connectivity index is 2.36. The van der Waals surface area contributed by atoms with Gasteiger partial charge in [0.1, 0.15) is 12.4 Å². The van der Waals surface area contributed by atoms with Gasteiger partial charge in [0.2, 0.25) is 5.82 Å². The first-order valence-corrected chi connectivity index (χ1v) is 4.62. The zero-order chi connectivity index (χ0) is 11.5. The summed E-state index contributed by atoms with van der Waals surface area (Å²) < 4.78 is 13.0. The van der Waals surface area contributed by atoms with E-state index in [2.05, 4.69) is 15.4 Å². The van der Waals surface area contributed by atoms with Gasteiger partial charge in [-0.1, -0.05) is 0 Å². The van der Waals surface area contributed by atoms with Crippen molar-refractivity contribution in [3.8, 4) is 17.5 Å². The van der Waals surface area contributed by atoms with Crippen LogP contribution in [-0.2, 0) is 6.54 Å². The summed E-state index contributed by atoms with van der Waals surface area (Å²) in [5.41, 5.74) is 1.21. The first kappa shape index (κ1) is 10.2. The van der Waals surface area contributed by atoms with Gasteiger partial charge in [-0.15, -0.1) is 15.0 Å². The molecule has 0 amide bonds. The van der Waals surface area contributed by atoms with Crippen LogP contribution in [-0.4, -0.2) is 20.2 Å². The summed E-state index contributed by atoms with van der Waals surface area (Å²) in [4.78, 5) is 1.19. The van der Waals surface area contributed by atoms with Crippen LogP contribution in [0.5, 0.6) is 0 Å². The molecule has 0 saturated carbocycles. The summed E-state index contributed by atoms with van der Waals surface area (Å²) in [5.74, 6) is 0.117. The standard InChI is InChI=1S/C10H8FN5/c1-7-6-8(2-3-9(7)11)10-13-15-16(14-10)5-4-12/h2-3,6H,5H2,1H3. The van der Waals surface area contributed by atoms with Crippen LogP contribution in [0, 0.1) is 24.1 Å². The van der Waals surface area contributed by atoms with Gasteiger partial charge in [0.05, 0.1) is 6.07 Å². The third-order valence-electron chi connectivity index (χ3n) is 2.08. The second kappa shape index (κ2) is 4.06. The molecule has 1 heterocycles. The van der Waals surface area contributed by atoms with E-state index in [4.69, 9.17) is 5.26 Å². The van der Waals surface area contributed by atoms with Gasteiger partial charge in [0.25, 0.3) is 0 Å². The topological polar surface area (TPSA) is 67.4 Å². The van der Waals surface area contributed by atoms with Gasteiger partial charge in [-0.3, -0.25) is 0 Å². The van der Waals surface area contributed by atoms with E-state index in [1.165, 1.54) is 10.9 Å². The molecule has 0 unspecified atom stereocenters. The van der Waals surface area contributed by atoms with Crippen molar-refractivity contribution in [1.29, 1.82) is 5.26 Å². The minimum absolute atomic E-state index is 0.0488. The van der Waals surface area contributed by atoms with Crippen LogP contribution in [0.25, 0.3) is 11.4 Å². The fourth-order valence-corrected chi connectivity index (χ4v) is 1.27. The Morgan fingerprint density at radius 3 is 3.00 bits per heavy atom. The summed E-state index contributed by atoms with van der Waals surface area (Å²) in [7, 11) is 0. The Bertz CT molecular complexity index is 555. The highest BCUT2D eigenvalue weighted by Gasteiger charge is 2.07. The third-order valence-corrected chi connectivity index (χ3v) is 2.08. The summed E-state index contributed by atoms with van der Waals surface area (Å²) in [6.45, 7) is 1.71. The zero-order valence-electron chi connectivity index (χ0n) is 8.55. The first-order valence-electron chi connectivity index (χ1n) is 4.62. The molecular formula is C10H8FN5. The highest BCUT2D eigenvalue weighted by atomic mass is 19.1. The molecule has 0 saturated heterocycles. The molecule has 0 aliphatic carbocycles. The normalized spacial score (nSPS) is 10.1. The Hall–Kier alpha value is -2.29. The van der Waals surface area contributed by atoms with Crippen LogP contribution in [0.1, 0.15) is 5.56 Å². The van der Waals surface area contributed by atoms with Crippen LogP contribution in [0.15, 0.2) is 18.2 Å². The summed E-state index contributed by atoms with van der Waals surface area (Å²) >= 11 is 0. The number of aromatic nitrogens is 4. The maximum Gasteiger partial charge on any atom is 0.204 e. The van der Waals surface area contributed by atoms with E-state index in [0.717, 1.165) is 0 Å². The fourth-order valence-electron chi connectivity index (χ4n) is 1.27. The van der Waals surface area contributed by atoms with Gasteiger partial charge in [-0.2, -0.15) is 5.26 Å². The third kappa shape index (κ3) is 1.88. The minimum atomic E-state index is -0.270. The first-order chi connectivity index (χ1) is 7.70. The molecular weight excluding hydrogens is 209 g/mol. The van der Waals surface area contributed by atoms with Crippen molar-refractivity contribution in [2.24, 2.45) is 0 Å². The molecule has 80 valence electrons. The van der Waals surface area contributed by atoms with E-state index in [-0.39, 0.29) is 12.4 Å². The molecule has 5 nitrogen and oxygen atoms in total. The monoisotopic (exact) mass is 217 g/mol. The molecule has 2 aromatic rings. The maximum absolute atomic E-state index is 13.0. The molecule has 0 aliphatic heterocycles. The number of rotatable bonds is 2. The maximum atomic E-state index is 13.0. The average Bonchev–Trinajstić information content (AvgIpc) is 2.71. The molecule has 16 heavy (non-hydrogen) atoms. The minimum Gasteiger partial charge on any atom is -0.207 e. The van der Waals surface area contributed by atoms with Gasteiger partial charge in [-0.05, 0) is 35.9 Å². The predicted molar refractivity (Wildman–Crippen MR) is 53.6 cm³/mol. The molecule has 1 aromatic carbocycles. The second-order valence-electron chi connectivity index (χ2n) is 3.27. The highest BCUT2D eigenvalue weighted by molar-refractivity contribution is 5.54. The fraction of sp³-hybridized carbons (Fsp3) is 0.200. The highest BCUT2D eigenvalue weighted by Crippen LogP contribution is 2.17. The lowest BCUT2D eigenvalue weighted by atomic mass is 10.1. The number of halogens is 1. The number of tetrazole rings is 1. The van der Waals surface area contributed by atoms with Gasteiger partial charge in [0, 0.05) is 5.56 Å². The van der Waals surface area contributed by atoms with E-state index in [1.54, 1.807) is 19.1 Å². The summed E-state index contributed by atoms with van der Waals surface area (Å²) in [6, 6.07) is 6.49. The van der Waals surface area contributed by atoms with Crippen LogP contribution in [0.2, 0.25) is 0 Å². The zero-order valence-corrected chi connectivity index (χ0v) is 8.55. The van der Waals surface area contributed by atoms with E-state index in [1.807, 2.05) is 6.07 Å². The molecule has 0 radical (unpaired) electrons. The Kier molecular flexibility index (Phi) is 2.60. The van der Waals surface area contributed by atoms with Crippen LogP contribution in [0.3, 0.4) is 0 Å². The molecule has 1 aromatic heterocycles. The van der Waals surface area contributed by atoms with Crippen molar-refractivity contribution in [1.82, 2.24) is 20.2 Å². The Morgan fingerprint density at radius 2 is 2.31 bits per heavy atom. The van der Waals surface area contributed by atoms with Crippen molar-refractivity contribution in [3.63, 3.8) is 0 Å². The number of nitriles is 1. The number of hydrogen-bond donors (Lipinski definition) is 0. The number of nitrogens with zero attached hydrogens (tertiary/aromatic N) is 5. The van der Waals surface area contributed by atoms with Gasteiger partial charge >= 0.3 is 0 Å². The average molecular weight is 217 g/mol. The SMILES string of the molecule is Cc1cc(-c2nnn(CC#N)n2)ccc1F. The molecule has 0 bridgehead atoms. The lowest BCUT2D eigenvalue weighted by Crippen LogP contribution is -1.99. The van der Waals surface area contributed by atoms with Crippen LogP contribution < -0.4 is 0 Å². The molecule has 6 heteroatoms. The van der Waals surface area contributed by atoms with Crippen molar-refractivity contribution in [3.05, 3.63) is 29.6 Å². The quantitative estimate of drug-likeness (QED) is 0.760. The van der Waals surface area contributed by atoms with Crippen molar-refractivity contribution >= 4 is 0 Å². The lowest BCUT2D eigenvalue weighted by Gasteiger charge is -1.98. The summed E-state index contributed by atoms with van der Waals surface area (Å²) in [6.07, 6.45) is 0. The lowest BCUT2D eigenvalue weighted by molar-refractivity contribution is 0.589. The van der Waals surface area contributed by atoms with E-state index in [0.29, 0.717) is 17.0 Å². The largest absolute Gasteiger partial charge is 0.207 e. The Morgan fingerprint density at radius 1 is 1.50 bits per heavy atom. The van der Waals surface area contributed by atoms with Crippen molar-refractivity contribution in [2.75, 3.05) is 0 Å². The van der Waals surface area contributed by atoms with E-state index < -0.39 is 0 Å². The molecule has 0 spiro atoms. The molecule has 0 N–H and O–H groups in total. The van der Waals surface area contributed by atoms with Crippen LogP contribution >= 0.6 is 0 Å². The smallest absolute Gasteiger partial charge is 0.204 e. The van der Waals surface area contributed by atoms with Gasteiger partial charge in [0.15, 0.2) is 0 Å². The number of aryl methyl sites for hydroxylation is 1. The van der Waals surface area contributed by atoms with E-state index >= 15 is 0 Å². The van der Waals surface area contributed by atoms with Gasteiger partial charge in [-0.25, -0.2) is 4.39 Å². The molecule has 0 aliphatic rings. The molecule has 0 fully saturated rings. The van der Waals surface area contributed by atoms with Crippen molar-refractivity contribution < 1.29 is 4.39 Å². The summed E-state index contributed by atoms with van der Waals surface area (Å²) in [5, 5.41) is 19.9. The van der Waals surface area contributed by atoms with Crippen molar-refractivity contribution in [2.45, 2.75) is 13.5 Å². The predicted octanol–water partition coefficient (Wildman–Crippen LogP) is 1.31. The number of benzene rings is 1. The molecule has 2 rings (SSSR count). The van der Waals surface area contributed by atoms with Crippen LogP contribution in [0.4, 0.5) is 4.39 Å². The van der Waals surface area contributed by atoms with E-state index in [9.17, 15) is 4.39 Å².